The third kappa shape index (κ3) is 5.42. The monoisotopic (exact) mass is 372 g/mol. The fourth-order valence-corrected chi connectivity index (χ4v) is 3.63. The molecule has 1 aromatic carbocycles. The molecule has 27 heavy (non-hydrogen) atoms. The number of benzene rings is 1. The van der Waals surface area contributed by atoms with Crippen LogP contribution in [0.5, 0.6) is 0 Å². The van der Waals surface area contributed by atoms with Crippen LogP contribution in [0.3, 0.4) is 0 Å². The van der Waals surface area contributed by atoms with Crippen LogP contribution in [0.4, 0.5) is 4.39 Å². The van der Waals surface area contributed by atoms with Gasteiger partial charge in [-0.25, -0.2) is 4.39 Å². The van der Waals surface area contributed by atoms with Gasteiger partial charge in [-0.3, -0.25) is 9.59 Å². The molecule has 144 valence electrons. The SMILES string of the molecule is O=C(CCCNC(=O)c1ccco1)N[C@H](c1ccc(F)cc1)C1CCCC1. The average Bonchev–Trinajstić information content (AvgIpc) is 3.38. The van der Waals surface area contributed by atoms with Crippen LogP contribution in [-0.4, -0.2) is 18.4 Å². The first-order chi connectivity index (χ1) is 13.1. The van der Waals surface area contributed by atoms with Gasteiger partial charge in [-0.05, 0) is 55.0 Å². The summed E-state index contributed by atoms with van der Waals surface area (Å²) in [6.45, 7) is 0.400. The van der Waals surface area contributed by atoms with E-state index in [2.05, 4.69) is 10.6 Å². The minimum Gasteiger partial charge on any atom is -0.459 e. The Morgan fingerprint density at radius 1 is 1.15 bits per heavy atom. The van der Waals surface area contributed by atoms with E-state index in [0.29, 0.717) is 25.3 Å². The van der Waals surface area contributed by atoms with Gasteiger partial charge in [0.15, 0.2) is 5.76 Å². The lowest BCUT2D eigenvalue weighted by atomic mass is 9.91. The summed E-state index contributed by atoms with van der Waals surface area (Å²) in [4.78, 5) is 24.2. The Kier molecular flexibility index (Phi) is 6.63. The van der Waals surface area contributed by atoms with Crippen molar-refractivity contribution in [1.29, 1.82) is 0 Å². The molecule has 2 amide bonds. The molecule has 0 radical (unpaired) electrons. The molecule has 5 nitrogen and oxygen atoms in total. The van der Waals surface area contributed by atoms with E-state index in [9.17, 15) is 14.0 Å². The summed E-state index contributed by atoms with van der Waals surface area (Å²) < 4.78 is 18.3. The molecule has 0 saturated heterocycles. The fraction of sp³-hybridized carbons (Fsp3) is 0.429. The maximum atomic E-state index is 13.2. The van der Waals surface area contributed by atoms with Crippen LogP contribution in [0, 0.1) is 11.7 Å². The van der Waals surface area contributed by atoms with Crippen LogP contribution in [0.15, 0.2) is 47.1 Å². The molecule has 3 rings (SSSR count). The molecular formula is C21H25FN2O3. The van der Waals surface area contributed by atoms with E-state index < -0.39 is 0 Å². The molecule has 1 atom stereocenters. The average molecular weight is 372 g/mol. The number of nitrogens with one attached hydrogen (secondary N) is 2. The Labute approximate surface area is 158 Å². The van der Waals surface area contributed by atoms with Crippen molar-refractivity contribution in [2.24, 2.45) is 5.92 Å². The zero-order chi connectivity index (χ0) is 19.1. The molecule has 1 heterocycles. The second-order valence-corrected chi connectivity index (χ2v) is 6.98. The van der Waals surface area contributed by atoms with Gasteiger partial charge in [0.1, 0.15) is 5.82 Å². The molecule has 1 aromatic heterocycles. The third-order valence-electron chi connectivity index (χ3n) is 5.03. The largest absolute Gasteiger partial charge is 0.459 e. The summed E-state index contributed by atoms with van der Waals surface area (Å²) in [6.07, 6.45) is 6.78. The minimum absolute atomic E-state index is 0.0523. The van der Waals surface area contributed by atoms with Crippen molar-refractivity contribution in [3.63, 3.8) is 0 Å². The van der Waals surface area contributed by atoms with Gasteiger partial charge in [0, 0.05) is 13.0 Å². The van der Waals surface area contributed by atoms with Gasteiger partial charge in [-0.1, -0.05) is 25.0 Å². The Morgan fingerprint density at radius 2 is 1.89 bits per heavy atom. The van der Waals surface area contributed by atoms with Crippen LogP contribution < -0.4 is 10.6 Å². The number of furan rings is 1. The highest BCUT2D eigenvalue weighted by Gasteiger charge is 2.27. The lowest BCUT2D eigenvalue weighted by molar-refractivity contribution is -0.122. The number of hydrogen-bond acceptors (Lipinski definition) is 3. The van der Waals surface area contributed by atoms with Gasteiger partial charge in [0.05, 0.1) is 12.3 Å². The van der Waals surface area contributed by atoms with Crippen LogP contribution in [0.1, 0.15) is 60.7 Å². The number of rotatable bonds is 8. The van der Waals surface area contributed by atoms with Crippen molar-refractivity contribution in [3.05, 3.63) is 59.8 Å². The number of amides is 2. The molecule has 0 unspecified atom stereocenters. The van der Waals surface area contributed by atoms with E-state index in [1.165, 1.54) is 18.4 Å². The predicted molar refractivity (Wildman–Crippen MR) is 99.5 cm³/mol. The third-order valence-corrected chi connectivity index (χ3v) is 5.03. The van der Waals surface area contributed by atoms with Crippen LogP contribution in [0.2, 0.25) is 0 Å². The van der Waals surface area contributed by atoms with Gasteiger partial charge in [-0.2, -0.15) is 0 Å². The second kappa shape index (κ2) is 9.35. The predicted octanol–water partition coefficient (Wildman–Crippen LogP) is 3.98. The lowest BCUT2D eigenvalue weighted by Crippen LogP contribution is -2.33. The summed E-state index contributed by atoms with van der Waals surface area (Å²) >= 11 is 0. The van der Waals surface area contributed by atoms with Gasteiger partial charge < -0.3 is 15.1 Å². The molecule has 2 N–H and O–H groups in total. The van der Waals surface area contributed by atoms with Crippen molar-refractivity contribution in [2.75, 3.05) is 6.54 Å². The Hall–Kier alpha value is -2.63. The highest BCUT2D eigenvalue weighted by molar-refractivity contribution is 5.91. The number of halogens is 1. The van der Waals surface area contributed by atoms with E-state index >= 15 is 0 Å². The molecule has 6 heteroatoms. The molecule has 1 fully saturated rings. The van der Waals surface area contributed by atoms with Gasteiger partial charge in [0.2, 0.25) is 5.91 Å². The lowest BCUT2D eigenvalue weighted by Gasteiger charge is -2.25. The maximum Gasteiger partial charge on any atom is 0.286 e. The number of carbonyl (C=O) groups excluding carboxylic acids is 2. The Bertz CT molecular complexity index is 737. The van der Waals surface area contributed by atoms with Gasteiger partial charge in [0.25, 0.3) is 5.91 Å². The minimum atomic E-state index is -0.282. The molecule has 0 spiro atoms. The van der Waals surface area contributed by atoms with Crippen molar-refractivity contribution >= 4 is 11.8 Å². The van der Waals surface area contributed by atoms with Crippen molar-refractivity contribution in [3.8, 4) is 0 Å². The van der Waals surface area contributed by atoms with E-state index in [1.807, 2.05) is 0 Å². The van der Waals surface area contributed by atoms with Crippen LogP contribution in [0.25, 0.3) is 0 Å². The van der Waals surface area contributed by atoms with Crippen molar-refractivity contribution in [1.82, 2.24) is 10.6 Å². The first kappa shape index (κ1) is 19.1. The summed E-state index contributed by atoms with van der Waals surface area (Å²) in [5.41, 5.74) is 0.947. The smallest absolute Gasteiger partial charge is 0.286 e. The normalized spacial score (nSPS) is 15.4. The van der Waals surface area contributed by atoms with Crippen LogP contribution in [-0.2, 0) is 4.79 Å². The van der Waals surface area contributed by atoms with E-state index in [-0.39, 0.29) is 29.4 Å². The number of hydrogen-bond donors (Lipinski definition) is 2. The molecule has 0 aliphatic heterocycles. The highest BCUT2D eigenvalue weighted by Crippen LogP contribution is 2.35. The summed E-state index contributed by atoms with van der Waals surface area (Å²) in [6, 6.07) is 9.54. The number of carbonyl (C=O) groups is 2. The Balaban J connectivity index is 1.48. The van der Waals surface area contributed by atoms with E-state index in [4.69, 9.17) is 4.42 Å². The standard InChI is InChI=1S/C21H25FN2O3/c22-17-11-9-16(10-12-17)20(15-5-1-2-6-15)24-19(25)8-3-13-23-21(26)18-7-4-14-27-18/h4,7,9-12,14-15,20H,1-3,5-6,8,13H2,(H,23,26)(H,24,25)/t20-/m0/s1. The fourth-order valence-electron chi connectivity index (χ4n) is 3.63. The molecular weight excluding hydrogens is 347 g/mol. The quantitative estimate of drug-likeness (QED) is 0.689. The first-order valence-corrected chi connectivity index (χ1v) is 9.50. The van der Waals surface area contributed by atoms with Crippen molar-refractivity contribution in [2.45, 2.75) is 44.6 Å². The highest BCUT2D eigenvalue weighted by atomic mass is 19.1. The van der Waals surface area contributed by atoms with Gasteiger partial charge in [-0.15, -0.1) is 0 Å². The molecule has 0 bridgehead atoms. The van der Waals surface area contributed by atoms with E-state index in [1.54, 1.807) is 24.3 Å². The second-order valence-electron chi connectivity index (χ2n) is 6.98. The summed E-state index contributed by atoms with van der Waals surface area (Å²) in [7, 11) is 0. The molecule has 1 aliphatic rings. The zero-order valence-electron chi connectivity index (χ0n) is 15.2. The Morgan fingerprint density at radius 3 is 2.56 bits per heavy atom. The molecule has 2 aromatic rings. The zero-order valence-corrected chi connectivity index (χ0v) is 15.2. The summed E-state index contributed by atoms with van der Waals surface area (Å²) in [5, 5.41) is 5.85. The molecule has 1 aliphatic carbocycles. The molecule has 1 saturated carbocycles. The first-order valence-electron chi connectivity index (χ1n) is 9.50. The van der Waals surface area contributed by atoms with Crippen LogP contribution >= 0.6 is 0 Å². The van der Waals surface area contributed by atoms with Gasteiger partial charge >= 0.3 is 0 Å². The van der Waals surface area contributed by atoms with E-state index in [0.717, 1.165) is 31.2 Å². The summed E-state index contributed by atoms with van der Waals surface area (Å²) in [5.74, 6) is 0.0386. The maximum absolute atomic E-state index is 13.2. The van der Waals surface area contributed by atoms with Crippen molar-refractivity contribution < 1.29 is 18.4 Å². The topological polar surface area (TPSA) is 71.3 Å².